The van der Waals surface area contributed by atoms with E-state index in [4.69, 9.17) is 11.6 Å². The van der Waals surface area contributed by atoms with Crippen LogP contribution in [-0.2, 0) is 6.42 Å². The highest BCUT2D eigenvalue weighted by Crippen LogP contribution is 2.33. The molecule has 1 fully saturated rings. The maximum atomic E-state index is 6.36. The van der Waals surface area contributed by atoms with Crippen molar-refractivity contribution in [1.82, 2.24) is 4.98 Å². The summed E-state index contributed by atoms with van der Waals surface area (Å²) in [5, 5.41) is 1.65. The lowest BCUT2D eigenvalue weighted by atomic mass is 9.95. The summed E-state index contributed by atoms with van der Waals surface area (Å²) in [6, 6.07) is 10.5. The van der Waals surface area contributed by atoms with E-state index in [9.17, 15) is 0 Å². The van der Waals surface area contributed by atoms with E-state index < -0.39 is 0 Å². The van der Waals surface area contributed by atoms with Crippen molar-refractivity contribution in [2.45, 2.75) is 31.1 Å². The lowest BCUT2D eigenvalue weighted by Gasteiger charge is -2.14. The number of nitrogens with zero attached hydrogens (tertiary/aromatic N) is 1. The first-order valence-electron chi connectivity index (χ1n) is 6.31. The SMILES string of the molecule is ClC1CCCC1Cc1ccnc2ccccc12. The van der Waals surface area contributed by atoms with Gasteiger partial charge in [-0.1, -0.05) is 24.6 Å². The number of para-hydroxylation sites is 1. The molecule has 0 aliphatic heterocycles. The van der Waals surface area contributed by atoms with Crippen LogP contribution in [0.5, 0.6) is 0 Å². The van der Waals surface area contributed by atoms with Gasteiger partial charge in [0, 0.05) is 17.0 Å². The van der Waals surface area contributed by atoms with E-state index >= 15 is 0 Å². The number of benzene rings is 1. The predicted octanol–water partition coefficient (Wildman–Crippen LogP) is 4.18. The van der Waals surface area contributed by atoms with Gasteiger partial charge in [0.25, 0.3) is 0 Å². The zero-order valence-electron chi connectivity index (χ0n) is 9.77. The highest BCUT2D eigenvalue weighted by atomic mass is 35.5. The summed E-state index contributed by atoms with van der Waals surface area (Å²) in [4.78, 5) is 4.40. The third-order valence-corrected chi connectivity index (χ3v) is 4.36. The molecule has 1 saturated carbocycles. The van der Waals surface area contributed by atoms with Crippen LogP contribution >= 0.6 is 11.6 Å². The minimum atomic E-state index is 0.363. The minimum absolute atomic E-state index is 0.363. The fourth-order valence-electron chi connectivity index (χ4n) is 2.84. The Balaban J connectivity index is 1.94. The quantitative estimate of drug-likeness (QED) is 0.724. The monoisotopic (exact) mass is 245 g/mol. The Labute approximate surface area is 107 Å². The van der Waals surface area contributed by atoms with Crippen LogP contribution in [0.4, 0.5) is 0 Å². The van der Waals surface area contributed by atoms with Gasteiger partial charge in [0.15, 0.2) is 0 Å². The topological polar surface area (TPSA) is 12.9 Å². The number of rotatable bonds is 2. The highest BCUT2D eigenvalue weighted by Gasteiger charge is 2.25. The molecule has 88 valence electrons. The second-order valence-corrected chi connectivity index (χ2v) is 5.46. The molecule has 0 radical (unpaired) electrons. The summed E-state index contributed by atoms with van der Waals surface area (Å²) in [6.07, 6.45) is 6.73. The first kappa shape index (κ1) is 11.0. The summed E-state index contributed by atoms with van der Waals surface area (Å²) in [5.74, 6) is 0.641. The van der Waals surface area contributed by atoms with Gasteiger partial charge in [0.2, 0.25) is 0 Å². The molecular formula is C15H16ClN. The van der Waals surface area contributed by atoms with Gasteiger partial charge in [0.1, 0.15) is 0 Å². The zero-order chi connectivity index (χ0) is 11.7. The van der Waals surface area contributed by atoms with Gasteiger partial charge in [-0.25, -0.2) is 0 Å². The molecule has 2 unspecified atom stereocenters. The Morgan fingerprint density at radius 3 is 2.88 bits per heavy atom. The molecule has 0 N–H and O–H groups in total. The van der Waals surface area contributed by atoms with Crippen molar-refractivity contribution >= 4 is 22.5 Å². The molecule has 2 atom stereocenters. The summed E-state index contributed by atoms with van der Waals surface area (Å²) in [7, 11) is 0. The first-order chi connectivity index (χ1) is 8.34. The Hall–Kier alpha value is -1.08. The van der Waals surface area contributed by atoms with Gasteiger partial charge in [-0.2, -0.15) is 0 Å². The molecular weight excluding hydrogens is 230 g/mol. The summed E-state index contributed by atoms with van der Waals surface area (Å²) in [6.45, 7) is 0. The van der Waals surface area contributed by atoms with E-state index in [1.165, 1.54) is 30.2 Å². The average Bonchev–Trinajstić information content (AvgIpc) is 2.76. The maximum Gasteiger partial charge on any atom is 0.0704 e. The number of aromatic nitrogens is 1. The molecule has 0 saturated heterocycles. The van der Waals surface area contributed by atoms with Crippen molar-refractivity contribution in [2.75, 3.05) is 0 Å². The molecule has 1 aliphatic carbocycles. The van der Waals surface area contributed by atoms with E-state index in [2.05, 4.69) is 29.2 Å². The zero-order valence-corrected chi connectivity index (χ0v) is 10.5. The van der Waals surface area contributed by atoms with Gasteiger partial charge < -0.3 is 0 Å². The average molecular weight is 246 g/mol. The molecule has 0 spiro atoms. The predicted molar refractivity (Wildman–Crippen MR) is 72.4 cm³/mol. The van der Waals surface area contributed by atoms with Crippen LogP contribution in [-0.4, -0.2) is 10.4 Å². The van der Waals surface area contributed by atoms with Crippen LogP contribution in [0.25, 0.3) is 10.9 Å². The molecule has 1 heterocycles. The summed E-state index contributed by atoms with van der Waals surface area (Å²) < 4.78 is 0. The molecule has 0 bridgehead atoms. The van der Waals surface area contributed by atoms with E-state index in [0.717, 1.165) is 11.9 Å². The second-order valence-electron chi connectivity index (χ2n) is 4.90. The molecule has 1 aromatic carbocycles. The molecule has 1 nitrogen and oxygen atoms in total. The maximum absolute atomic E-state index is 6.36. The Morgan fingerprint density at radius 1 is 1.18 bits per heavy atom. The number of fused-ring (bicyclic) bond motifs is 1. The fraction of sp³-hybridized carbons (Fsp3) is 0.400. The number of hydrogen-bond donors (Lipinski definition) is 0. The van der Waals surface area contributed by atoms with Gasteiger partial charge >= 0.3 is 0 Å². The van der Waals surface area contributed by atoms with E-state index in [0.29, 0.717) is 11.3 Å². The molecule has 2 heteroatoms. The lowest BCUT2D eigenvalue weighted by molar-refractivity contribution is 0.554. The molecule has 0 amide bonds. The molecule has 2 aromatic rings. The molecule has 1 aromatic heterocycles. The van der Waals surface area contributed by atoms with Crippen LogP contribution in [0.2, 0.25) is 0 Å². The fourth-order valence-corrected chi connectivity index (χ4v) is 3.21. The Morgan fingerprint density at radius 2 is 2.06 bits per heavy atom. The van der Waals surface area contributed by atoms with E-state index in [-0.39, 0.29) is 0 Å². The smallest absolute Gasteiger partial charge is 0.0704 e. The van der Waals surface area contributed by atoms with Crippen molar-refractivity contribution in [3.8, 4) is 0 Å². The Kier molecular flexibility index (Phi) is 3.02. The number of halogens is 1. The van der Waals surface area contributed by atoms with E-state index in [1.807, 2.05) is 12.3 Å². The van der Waals surface area contributed by atoms with Crippen molar-refractivity contribution in [3.05, 3.63) is 42.1 Å². The number of hydrogen-bond acceptors (Lipinski definition) is 1. The van der Waals surface area contributed by atoms with E-state index in [1.54, 1.807) is 0 Å². The normalized spacial score (nSPS) is 24.3. The van der Waals surface area contributed by atoms with Crippen molar-refractivity contribution in [2.24, 2.45) is 5.92 Å². The molecule has 1 aliphatic rings. The van der Waals surface area contributed by atoms with Crippen LogP contribution < -0.4 is 0 Å². The van der Waals surface area contributed by atoms with Crippen molar-refractivity contribution < 1.29 is 0 Å². The number of pyridine rings is 1. The standard InChI is InChI=1S/C15H16ClN/c16-14-6-3-4-12(14)10-11-8-9-17-15-7-2-1-5-13(11)15/h1-2,5,7-9,12,14H,3-4,6,10H2. The lowest BCUT2D eigenvalue weighted by Crippen LogP contribution is -2.10. The van der Waals surface area contributed by atoms with Crippen LogP contribution in [0.3, 0.4) is 0 Å². The van der Waals surface area contributed by atoms with Crippen molar-refractivity contribution in [3.63, 3.8) is 0 Å². The summed E-state index contributed by atoms with van der Waals surface area (Å²) in [5.41, 5.74) is 2.49. The van der Waals surface area contributed by atoms with Gasteiger partial charge in [0.05, 0.1) is 5.52 Å². The van der Waals surface area contributed by atoms with Crippen molar-refractivity contribution in [1.29, 1.82) is 0 Å². The Bertz CT molecular complexity index is 518. The van der Waals surface area contributed by atoms with Crippen LogP contribution in [0.15, 0.2) is 36.5 Å². The third kappa shape index (κ3) is 2.16. The van der Waals surface area contributed by atoms with Gasteiger partial charge in [-0.15, -0.1) is 11.6 Å². The third-order valence-electron chi connectivity index (χ3n) is 3.79. The molecule has 17 heavy (non-hydrogen) atoms. The summed E-state index contributed by atoms with van der Waals surface area (Å²) >= 11 is 6.36. The molecule has 3 rings (SSSR count). The second kappa shape index (κ2) is 4.66. The number of alkyl halides is 1. The van der Waals surface area contributed by atoms with Gasteiger partial charge in [-0.05, 0) is 42.9 Å². The van der Waals surface area contributed by atoms with Crippen LogP contribution in [0.1, 0.15) is 24.8 Å². The first-order valence-corrected chi connectivity index (χ1v) is 6.75. The van der Waals surface area contributed by atoms with Crippen LogP contribution in [0, 0.1) is 5.92 Å². The minimum Gasteiger partial charge on any atom is -0.256 e. The van der Waals surface area contributed by atoms with Gasteiger partial charge in [-0.3, -0.25) is 4.98 Å². The highest BCUT2D eigenvalue weighted by molar-refractivity contribution is 6.20. The largest absolute Gasteiger partial charge is 0.256 e.